The Labute approximate surface area is 118 Å². The molecule has 112 valence electrons. The number of halogens is 2. The fraction of sp³-hybridized carbons (Fsp3) is 0.643. The van der Waals surface area contributed by atoms with Crippen LogP contribution in [0.2, 0.25) is 0 Å². The predicted molar refractivity (Wildman–Crippen MR) is 75.2 cm³/mol. The molecule has 0 aromatic carbocycles. The highest BCUT2D eigenvalue weighted by molar-refractivity contribution is 5.49. The molecule has 1 N–H and O–H groups in total. The highest BCUT2D eigenvalue weighted by atomic mass is 19.1. The van der Waals surface area contributed by atoms with E-state index in [0.29, 0.717) is 19.6 Å². The summed E-state index contributed by atoms with van der Waals surface area (Å²) in [6.45, 7) is 7.53. The van der Waals surface area contributed by atoms with Gasteiger partial charge in [0.15, 0.2) is 23.3 Å². The average molecular weight is 285 g/mol. The predicted octanol–water partition coefficient (Wildman–Crippen LogP) is 2.80. The summed E-state index contributed by atoms with van der Waals surface area (Å²) < 4.78 is 33.3. The number of ether oxygens (including phenoxy) is 1. The monoisotopic (exact) mass is 285 g/mol. The van der Waals surface area contributed by atoms with Crippen LogP contribution in [0.5, 0.6) is 0 Å². The third-order valence-electron chi connectivity index (χ3n) is 3.17. The van der Waals surface area contributed by atoms with E-state index in [-0.39, 0.29) is 23.8 Å². The Hall–Kier alpha value is -1.43. The van der Waals surface area contributed by atoms with E-state index < -0.39 is 11.6 Å². The van der Waals surface area contributed by atoms with Crippen molar-refractivity contribution in [2.45, 2.75) is 39.4 Å². The molecule has 2 atom stereocenters. The molecule has 2 rings (SSSR count). The van der Waals surface area contributed by atoms with Gasteiger partial charge < -0.3 is 15.0 Å². The molecule has 20 heavy (non-hydrogen) atoms. The van der Waals surface area contributed by atoms with E-state index in [1.165, 1.54) is 0 Å². The van der Waals surface area contributed by atoms with Crippen LogP contribution in [0.25, 0.3) is 0 Å². The van der Waals surface area contributed by atoms with Gasteiger partial charge in [0.2, 0.25) is 0 Å². The van der Waals surface area contributed by atoms with Crippen LogP contribution in [0.1, 0.15) is 27.2 Å². The number of nitrogens with one attached hydrogen (secondary N) is 1. The van der Waals surface area contributed by atoms with Crippen molar-refractivity contribution in [1.82, 2.24) is 4.98 Å². The van der Waals surface area contributed by atoms with E-state index in [1.54, 1.807) is 0 Å². The maximum atomic E-state index is 14.0. The smallest absolute Gasteiger partial charge is 0.168 e. The molecular weight excluding hydrogens is 264 g/mol. The van der Waals surface area contributed by atoms with Crippen LogP contribution in [0.3, 0.4) is 0 Å². The summed E-state index contributed by atoms with van der Waals surface area (Å²) in [6, 6.07) is 0.894. The first-order valence-corrected chi connectivity index (χ1v) is 7.01. The molecule has 1 aliphatic rings. The Balaban J connectivity index is 2.25. The molecule has 1 aliphatic heterocycles. The second-order valence-electron chi connectivity index (χ2n) is 5.21. The molecular formula is C14H21F2N3O. The molecule has 1 aromatic heterocycles. The Bertz CT molecular complexity index is 460. The number of pyridine rings is 1. The van der Waals surface area contributed by atoms with Gasteiger partial charge in [-0.1, -0.05) is 6.92 Å². The topological polar surface area (TPSA) is 37.4 Å². The first-order valence-electron chi connectivity index (χ1n) is 7.01. The molecule has 1 saturated heterocycles. The molecule has 0 spiro atoms. The van der Waals surface area contributed by atoms with Crippen LogP contribution in [-0.2, 0) is 4.74 Å². The number of morpholine rings is 1. The van der Waals surface area contributed by atoms with Crippen molar-refractivity contribution in [3.63, 3.8) is 0 Å². The van der Waals surface area contributed by atoms with Gasteiger partial charge in [0.05, 0.1) is 12.2 Å². The number of hydrogen-bond donors (Lipinski definition) is 1. The summed E-state index contributed by atoms with van der Waals surface area (Å²) in [5.41, 5.74) is 0. The maximum Gasteiger partial charge on any atom is 0.168 e. The zero-order chi connectivity index (χ0) is 14.7. The molecule has 0 unspecified atom stereocenters. The standard InChI is InChI=1S/C14H21F2N3O/c1-4-5-17-13-11(15)6-12(16)14(18-13)19-7-9(2)20-10(3)8-19/h6,9-10H,4-5,7-8H2,1-3H3,(H,17,18)/t9-,10+. The van der Waals surface area contributed by atoms with Crippen molar-refractivity contribution in [3.8, 4) is 0 Å². The third-order valence-corrected chi connectivity index (χ3v) is 3.17. The quantitative estimate of drug-likeness (QED) is 0.923. The summed E-state index contributed by atoms with van der Waals surface area (Å²) in [7, 11) is 0. The van der Waals surface area contributed by atoms with E-state index in [2.05, 4.69) is 10.3 Å². The minimum Gasteiger partial charge on any atom is -0.372 e. The molecule has 0 radical (unpaired) electrons. The van der Waals surface area contributed by atoms with Gasteiger partial charge in [0.1, 0.15) is 0 Å². The molecule has 1 fully saturated rings. The van der Waals surface area contributed by atoms with Gasteiger partial charge in [-0.3, -0.25) is 0 Å². The minimum absolute atomic E-state index is 0.00273. The number of hydrogen-bond acceptors (Lipinski definition) is 4. The van der Waals surface area contributed by atoms with Gasteiger partial charge in [0, 0.05) is 25.7 Å². The molecule has 1 aromatic rings. The zero-order valence-corrected chi connectivity index (χ0v) is 12.1. The van der Waals surface area contributed by atoms with Crippen molar-refractivity contribution in [3.05, 3.63) is 17.7 Å². The second kappa shape index (κ2) is 6.35. The van der Waals surface area contributed by atoms with E-state index in [0.717, 1.165) is 12.5 Å². The molecule has 0 saturated carbocycles. The summed E-state index contributed by atoms with van der Waals surface area (Å²) in [5.74, 6) is -0.998. The average Bonchev–Trinajstić information content (AvgIpc) is 2.36. The Morgan fingerprint density at radius 1 is 1.30 bits per heavy atom. The lowest BCUT2D eigenvalue weighted by molar-refractivity contribution is -0.00564. The van der Waals surface area contributed by atoms with Crippen molar-refractivity contribution in [1.29, 1.82) is 0 Å². The number of aromatic nitrogens is 1. The molecule has 4 nitrogen and oxygen atoms in total. The molecule has 0 bridgehead atoms. The lowest BCUT2D eigenvalue weighted by atomic mass is 10.2. The van der Waals surface area contributed by atoms with E-state index >= 15 is 0 Å². The van der Waals surface area contributed by atoms with Gasteiger partial charge >= 0.3 is 0 Å². The number of nitrogens with zero attached hydrogens (tertiary/aromatic N) is 2. The zero-order valence-electron chi connectivity index (χ0n) is 12.1. The van der Waals surface area contributed by atoms with Crippen LogP contribution in [0.4, 0.5) is 20.4 Å². The lowest BCUT2D eigenvalue weighted by Crippen LogP contribution is -2.46. The van der Waals surface area contributed by atoms with E-state index in [1.807, 2.05) is 25.7 Å². The highest BCUT2D eigenvalue weighted by Crippen LogP contribution is 2.25. The van der Waals surface area contributed by atoms with Crippen molar-refractivity contribution < 1.29 is 13.5 Å². The SMILES string of the molecule is CCCNc1nc(N2C[C@@H](C)O[C@@H](C)C2)c(F)cc1F. The summed E-state index contributed by atoms with van der Waals surface area (Å²) in [6.07, 6.45) is 0.841. The van der Waals surface area contributed by atoms with Crippen LogP contribution >= 0.6 is 0 Å². The first kappa shape index (κ1) is 15.0. The summed E-state index contributed by atoms with van der Waals surface area (Å²) in [5, 5.41) is 2.88. The molecule has 6 heteroatoms. The Morgan fingerprint density at radius 3 is 2.55 bits per heavy atom. The first-order chi connectivity index (χ1) is 9.51. The van der Waals surface area contributed by atoms with Crippen molar-refractivity contribution in [2.24, 2.45) is 0 Å². The van der Waals surface area contributed by atoms with Gasteiger partial charge in [-0.25, -0.2) is 13.8 Å². The Kier molecular flexibility index (Phi) is 4.75. The fourth-order valence-corrected chi connectivity index (χ4v) is 2.40. The van der Waals surface area contributed by atoms with Crippen LogP contribution in [-0.4, -0.2) is 36.8 Å². The highest BCUT2D eigenvalue weighted by Gasteiger charge is 2.26. The van der Waals surface area contributed by atoms with Crippen molar-refractivity contribution >= 4 is 11.6 Å². The van der Waals surface area contributed by atoms with Gasteiger partial charge in [0.25, 0.3) is 0 Å². The normalized spacial score (nSPS) is 22.9. The minimum atomic E-state index is -0.658. The van der Waals surface area contributed by atoms with Gasteiger partial charge in [-0.2, -0.15) is 0 Å². The largest absolute Gasteiger partial charge is 0.372 e. The maximum absolute atomic E-state index is 14.0. The van der Waals surface area contributed by atoms with E-state index in [9.17, 15) is 8.78 Å². The van der Waals surface area contributed by atoms with Crippen LogP contribution < -0.4 is 10.2 Å². The molecule has 0 amide bonds. The van der Waals surface area contributed by atoms with Crippen LogP contribution in [0, 0.1) is 11.6 Å². The molecule has 2 heterocycles. The van der Waals surface area contributed by atoms with Crippen LogP contribution in [0.15, 0.2) is 6.07 Å². The van der Waals surface area contributed by atoms with Gasteiger partial charge in [-0.15, -0.1) is 0 Å². The van der Waals surface area contributed by atoms with Gasteiger partial charge in [-0.05, 0) is 20.3 Å². The Morgan fingerprint density at radius 2 is 1.95 bits per heavy atom. The third kappa shape index (κ3) is 3.36. The van der Waals surface area contributed by atoms with Crippen molar-refractivity contribution in [2.75, 3.05) is 29.9 Å². The fourth-order valence-electron chi connectivity index (χ4n) is 2.40. The number of anilines is 2. The summed E-state index contributed by atoms with van der Waals surface area (Å²) >= 11 is 0. The van der Waals surface area contributed by atoms with E-state index in [4.69, 9.17) is 4.74 Å². The molecule has 0 aliphatic carbocycles. The second-order valence-corrected chi connectivity index (χ2v) is 5.21. The number of rotatable bonds is 4. The summed E-state index contributed by atoms with van der Waals surface area (Å²) in [4.78, 5) is 5.92. The lowest BCUT2D eigenvalue weighted by Gasteiger charge is -2.36.